The van der Waals surface area contributed by atoms with Crippen LogP contribution < -0.4 is 10.6 Å². The Hall–Kier alpha value is -0.800. The lowest BCUT2D eigenvalue weighted by Gasteiger charge is -2.01. The Bertz CT molecular complexity index is 113. The summed E-state index contributed by atoms with van der Waals surface area (Å²) in [6.45, 7) is 1.68. The third-order valence-electron chi connectivity index (χ3n) is 1.06. The van der Waals surface area contributed by atoms with E-state index in [1.165, 1.54) is 0 Å². The van der Waals surface area contributed by atoms with Gasteiger partial charge in [-0.1, -0.05) is 0 Å². The van der Waals surface area contributed by atoms with Gasteiger partial charge in [0.05, 0.1) is 6.54 Å². The van der Waals surface area contributed by atoms with Crippen LogP contribution in [0.25, 0.3) is 0 Å². The molecule has 0 spiro atoms. The molecule has 0 aliphatic carbocycles. The van der Waals surface area contributed by atoms with Crippen LogP contribution in [0.4, 0.5) is 4.39 Å². The van der Waals surface area contributed by atoms with Gasteiger partial charge in [0.2, 0.25) is 0 Å². The smallest absolute Gasteiger partial charge is 0.191 e. The number of hydrogen-bond donors (Lipinski definition) is 2. The SMILES string of the molecule is FCCNC1=NCCN1. The largest absolute Gasteiger partial charge is 0.355 e. The molecular formula is C5H10FN3. The molecule has 4 heteroatoms. The highest BCUT2D eigenvalue weighted by Crippen LogP contribution is 1.79. The molecule has 0 amide bonds. The highest BCUT2D eigenvalue weighted by molar-refractivity contribution is 5.81. The van der Waals surface area contributed by atoms with E-state index in [1.807, 2.05) is 0 Å². The summed E-state index contributed by atoms with van der Waals surface area (Å²) in [6.07, 6.45) is 0. The van der Waals surface area contributed by atoms with Crippen LogP contribution in [0, 0.1) is 0 Å². The van der Waals surface area contributed by atoms with Crippen molar-refractivity contribution in [3.8, 4) is 0 Å². The van der Waals surface area contributed by atoms with Gasteiger partial charge in [-0.3, -0.25) is 4.99 Å². The first-order valence-electron chi connectivity index (χ1n) is 3.01. The van der Waals surface area contributed by atoms with Crippen molar-refractivity contribution >= 4 is 5.96 Å². The fourth-order valence-electron chi connectivity index (χ4n) is 0.682. The maximum atomic E-state index is 11.5. The van der Waals surface area contributed by atoms with Gasteiger partial charge in [0.15, 0.2) is 5.96 Å². The summed E-state index contributed by atoms with van der Waals surface area (Å²) in [5.41, 5.74) is 0. The van der Waals surface area contributed by atoms with Crippen molar-refractivity contribution in [2.45, 2.75) is 0 Å². The second-order valence-electron chi connectivity index (χ2n) is 1.77. The van der Waals surface area contributed by atoms with E-state index >= 15 is 0 Å². The van der Waals surface area contributed by atoms with Crippen molar-refractivity contribution in [2.75, 3.05) is 26.3 Å². The molecule has 0 aromatic heterocycles. The number of halogens is 1. The monoisotopic (exact) mass is 131 g/mol. The second kappa shape index (κ2) is 3.27. The number of aliphatic imine (C=N–C) groups is 1. The zero-order valence-electron chi connectivity index (χ0n) is 5.15. The maximum Gasteiger partial charge on any atom is 0.191 e. The number of nitrogens with one attached hydrogen (secondary N) is 2. The molecule has 1 aliphatic rings. The lowest BCUT2D eigenvalue weighted by Crippen LogP contribution is -2.34. The first-order valence-corrected chi connectivity index (χ1v) is 3.01. The van der Waals surface area contributed by atoms with Crippen LogP contribution >= 0.6 is 0 Å². The van der Waals surface area contributed by atoms with Crippen LogP contribution in [0.3, 0.4) is 0 Å². The molecule has 3 nitrogen and oxygen atoms in total. The molecule has 0 bridgehead atoms. The number of guanidine groups is 1. The van der Waals surface area contributed by atoms with Crippen LogP contribution in [-0.4, -0.2) is 32.3 Å². The summed E-state index contributed by atoms with van der Waals surface area (Å²) < 4.78 is 11.5. The summed E-state index contributed by atoms with van der Waals surface area (Å²) in [4.78, 5) is 4.00. The first kappa shape index (κ1) is 6.32. The van der Waals surface area contributed by atoms with Crippen LogP contribution in [0.15, 0.2) is 4.99 Å². The molecule has 0 aromatic carbocycles. The molecule has 1 rings (SSSR count). The molecule has 0 unspecified atom stereocenters. The van der Waals surface area contributed by atoms with Crippen LogP contribution in [-0.2, 0) is 0 Å². The number of alkyl halides is 1. The van der Waals surface area contributed by atoms with E-state index in [-0.39, 0.29) is 6.67 Å². The van der Waals surface area contributed by atoms with E-state index in [4.69, 9.17) is 0 Å². The Balaban J connectivity index is 2.11. The number of nitrogens with zero attached hydrogens (tertiary/aromatic N) is 1. The summed E-state index contributed by atoms with van der Waals surface area (Å²) in [5, 5.41) is 5.76. The summed E-state index contributed by atoms with van der Waals surface area (Å²) in [5.74, 6) is 0.729. The average Bonchev–Trinajstić information content (AvgIpc) is 2.34. The maximum absolute atomic E-state index is 11.5. The molecule has 1 heterocycles. The fourth-order valence-corrected chi connectivity index (χ4v) is 0.682. The van der Waals surface area contributed by atoms with Gasteiger partial charge in [-0.2, -0.15) is 0 Å². The molecule has 0 aromatic rings. The lowest BCUT2D eigenvalue weighted by molar-refractivity contribution is 0.490. The molecular weight excluding hydrogens is 121 g/mol. The van der Waals surface area contributed by atoms with Crippen molar-refractivity contribution in [3.63, 3.8) is 0 Å². The van der Waals surface area contributed by atoms with Crippen molar-refractivity contribution < 1.29 is 4.39 Å². The van der Waals surface area contributed by atoms with Crippen molar-refractivity contribution in [2.24, 2.45) is 4.99 Å². The molecule has 0 fully saturated rings. The third kappa shape index (κ3) is 1.87. The van der Waals surface area contributed by atoms with Gasteiger partial charge in [0, 0.05) is 13.1 Å². The predicted octanol–water partition coefficient (Wildman–Crippen LogP) is -0.495. The molecule has 52 valence electrons. The zero-order valence-corrected chi connectivity index (χ0v) is 5.15. The average molecular weight is 131 g/mol. The fraction of sp³-hybridized carbons (Fsp3) is 0.800. The number of rotatable bonds is 2. The van der Waals surface area contributed by atoms with Gasteiger partial charge >= 0.3 is 0 Å². The minimum absolute atomic E-state index is 0.347. The first-order chi connectivity index (χ1) is 4.43. The van der Waals surface area contributed by atoms with Gasteiger partial charge < -0.3 is 10.6 Å². The Kier molecular flexibility index (Phi) is 2.30. The molecule has 0 radical (unpaired) electrons. The van der Waals surface area contributed by atoms with Crippen LogP contribution in [0.2, 0.25) is 0 Å². The van der Waals surface area contributed by atoms with Gasteiger partial charge in [-0.15, -0.1) is 0 Å². The molecule has 0 atom stereocenters. The highest BCUT2D eigenvalue weighted by Gasteiger charge is 2.01. The predicted molar refractivity (Wildman–Crippen MR) is 34.3 cm³/mol. The van der Waals surface area contributed by atoms with E-state index in [0.29, 0.717) is 6.54 Å². The quantitative estimate of drug-likeness (QED) is 0.530. The molecule has 0 saturated carbocycles. The summed E-state index contributed by atoms with van der Waals surface area (Å²) in [7, 11) is 0. The minimum atomic E-state index is -0.347. The second-order valence-corrected chi connectivity index (χ2v) is 1.77. The minimum Gasteiger partial charge on any atom is -0.355 e. The van der Waals surface area contributed by atoms with Gasteiger partial charge in [-0.05, 0) is 0 Å². The Morgan fingerprint density at radius 1 is 1.78 bits per heavy atom. The molecule has 2 N–H and O–H groups in total. The Morgan fingerprint density at radius 2 is 2.67 bits per heavy atom. The molecule has 0 saturated heterocycles. The molecule has 9 heavy (non-hydrogen) atoms. The van der Waals surface area contributed by atoms with Gasteiger partial charge in [0.25, 0.3) is 0 Å². The van der Waals surface area contributed by atoms with E-state index in [0.717, 1.165) is 19.0 Å². The zero-order chi connectivity index (χ0) is 6.53. The van der Waals surface area contributed by atoms with Gasteiger partial charge in [0.1, 0.15) is 6.67 Å². The Morgan fingerprint density at radius 3 is 3.22 bits per heavy atom. The summed E-state index contributed by atoms with van der Waals surface area (Å²) >= 11 is 0. The van der Waals surface area contributed by atoms with E-state index < -0.39 is 0 Å². The van der Waals surface area contributed by atoms with E-state index in [2.05, 4.69) is 15.6 Å². The third-order valence-corrected chi connectivity index (χ3v) is 1.06. The van der Waals surface area contributed by atoms with Crippen molar-refractivity contribution in [1.29, 1.82) is 0 Å². The topological polar surface area (TPSA) is 36.4 Å². The van der Waals surface area contributed by atoms with Crippen LogP contribution in [0.1, 0.15) is 0 Å². The lowest BCUT2D eigenvalue weighted by atomic mass is 10.7. The normalized spacial score (nSPS) is 16.8. The van der Waals surface area contributed by atoms with Gasteiger partial charge in [-0.25, -0.2) is 4.39 Å². The van der Waals surface area contributed by atoms with Crippen molar-refractivity contribution in [3.05, 3.63) is 0 Å². The standard InChI is InChI=1S/C5H10FN3/c6-1-2-7-5-8-3-4-9-5/h1-4H2,(H2,7,8,9). The van der Waals surface area contributed by atoms with Crippen LogP contribution in [0.5, 0.6) is 0 Å². The number of hydrogen-bond acceptors (Lipinski definition) is 3. The highest BCUT2D eigenvalue weighted by atomic mass is 19.1. The molecule has 1 aliphatic heterocycles. The van der Waals surface area contributed by atoms with Crippen molar-refractivity contribution in [1.82, 2.24) is 10.6 Å². The van der Waals surface area contributed by atoms with E-state index in [9.17, 15) is 4.39 Å². The Labute approximate surface area is 53.4 Å². The summed E-state index contributed by atoms with van der Waals surface area (Å²) in [6, 6.07) is 0. The van der Waals surface area contributed by atoms with E-state index in [1.54, 1.807) is 0 Å².